The Labute approximate surface area is 187 Å². The van der Waals surface area contributed by atoms with Crippen LogP contribution in [0.1, 0.15) is 6.92 Å². The lowest BCUT2D eigenvalue weighted by Crippen LogP contribution is -2.66. The van der Waals surface area contributed by atoms with Crippen LogP contribution < -0.4 is 0 Å². The lowest BCUT2D eigenvalue weighted by molar-refractivity contribution is -0.386. The molecule has 3 rings (SSSR count). The normalized spacial score (nSPS) is 53.7. The van der Waals surface area contributed by atoms with Crippen molar-refractivity contribution in [1.82, 2.24) is 0 Å². The van der Waals surface area contributed by atoms with Crippen LogP contribution in [0.5, 0.6) is 0 Å². The Morgan fingerprint density at radius 1 is 0.545 bits per heavy atom. The van der Waals surface area contributed by atoms with Gasteiger partial charge in [0.1, 0.15) is 67.1 Å². The standard InChI is InChI=1S/C18H32O15/c1-4-7(21)10(24)12(26)17(29-4)33-15-14(9(23)6(3-20)30-16(15)28)32-18-13(27)11(25)8(22)5(2-19)31-18/h4-28H,2-3H2,1H3/t4-,5+,6+,7-,8+,9+,10+,11-,12+,13+,14-,15+,16+,17-,18-/m0/s1. The number of rotatable bonds is 6. The van der Waals surface area contributed by atoms with Crippen LogP contribution >= 0.6 is 0 Å². The molecule has 194 valence electrons. The van der Waals surface area contributed by atoms with E-state index in [0.29, 0.717) is 0 Å². The first kappa shape index (κ1) is 27.0. The fraction of sp³-hybridized carbons (Fsp3) is 1.00. The molecular formula is C18H32O15. The molecule has 0 aromatic carbocycles. The van der Waals surface area contributed by atoms with Crippen molar-refractivity contribution in [2.24, 2.45) is 0 Å². The van der Waals surface area contributed by atoms with Crippen LogP contribution in [0.25, 0.3) is 0 Å². The molecule has 0 aromatic rings. The third kappa shape index (κ3) is 5.32. The van der Waals surface area contributed by atoms with Gasteiger partial charge in [0.05, 0.1) is 19.3 Å². The van der Waals surface area contributed by atoms with E-state index in [9.17, 15) is 51.1 Å². The number of hydrogen-bond donors (Lipinski definition) is 10. The van der Waals surface area contributed by atoms with Crippen molar-refractivity contribution in [3.05, 3.63) is 0 Å². The van der Waals surface area contributed by atoms with Gasteiger partial charge in [-0.1, -0.05) is 0 Å². The molecule has 0 aliphatic carbocycles. The van der Waals surface area contributed by atoms with Crippen molar-refractivity contribution in [1.29, 1.82) is 0 Å². The molecule has 15 heteroatoms. The summed E-state index contributed by atoms with van der Waals surface area (Å²) in [6.45, 7) is -0.115. The number of aliphatic hydroxyl groups is 10. The zero-order chi connectivity index (χ0) is 24.6. The highest BCUT2D eigenvalue weighted by atomic mass is 16.8. The van der Waals surface area contributed by atoms with E-state index in [1.165, 1.54) is 6.92 Å². The maximum atomic E-state index is 10.6. The fourth-order valence-electron chi connectivity index (χ4n) is 3.97. The van der Waals surface area contributed by atoms with Crippen molar-refractivity contribution in [3.63, 3.8) is 0 Å². The SMILES string of the molecule is C[C@@H]1O[C@@H](O[C@@H]2[C@@H](O[C@@H]3O[C@H](CO)[C@@H](O)[C@H](O)[C@H]3O)[C@H](O)[C@@H](CO)O[C@H]2O)[C@H](O)[C@H](O)[C@H]1O. The van der Waals surface area contributed by atoms with Gasteiger partial charge in [0.2, 0.25) is 0 Å². The predicted molar refractivity (Wildman–Crippen MR) is 99.8 cm³/mol. The summed E-state index contributed by atoms with van der Waals surface area (Å²) in [5.74, 6) is 0. The summed E-state index contributed by atoms with van der Waals surface area (Å²) in [6.07, 6.45) is -24.1. The first-order valence-corrected chi connectivity index (χ1v) is 10.4. The van der Waals surface area contributed by atoms with E-state index >= 15 is 0 Å². The van der Waals surface area contributed by atoms with Gasteiger partial charge in [-0.3, -0.25) is 0 Å². The van der Waals surface area contributed by atoms with Gasteiger partial charge in [0.15, 0.2) is 18.9 Å². The van der Waals surface area contributed by atoms with Crippen molar-refractivity contribution in [3.8, 4) is 0 Å². The minimum atomic E-state index is -1.88. The Kier molecular flexibility index (Phi) is 8.99. The molecule has 0 aromatic heterocycles. The second-order valence-electron chi connectivity index (χ2n) is 8.32. The first-order chi connectivity index (χ1) is 15.5. The molecule has 15 nitrogen and oxygen atoms in total. The first-order valence-electron chi connectivity index (χ1n) is 10.4. The highest BCUT2D eigenvalue weighted by Crippen LogP contribution is 2.32. The van der Waals surface area contributed by atoms with Gasteiger partial charge in [-0.05, 0) is 6.92 Å². The third-order valence-electron chi connectivity index (χ3n) is 6.06. The monoisotopic (exact) mass is 488 g/mol. The largest absolute Gasteiger partial charge is 0.394 e. The van der Waals surface area contributed by atoms with Crippen molar-refractivity contribution < 1.29 is 74.7 Å². The Balaban J connectivity index is 1.82. The molecule has 0 bridgehead atoms. The summed E-state index contributed by atoms with van der Waals surface area (Å²) < 4.78 is 26.7. The Morgan fingerprint density at radius 3 is 1.61 bits per heavy atom. The summed E-state index contributed by atoms with van der Waals surface area (Å²) in [6, 6.07) is 0. The van der Waals surface area contributed by atoms with Crippen LogP contribution in [-0.2, 0) is 23.7 Å². The molecule has 0 saturated carbocycles. The molecule has 15 atom stereocenters. The van der Waals surface area contributed by atoms with Crippen LogP contribution in [0.3, 0.4) is 0 Å². The molecule has 33 heavy (non-hydrogen) atoms. The van der Waals surface area contributed by atoms with Crippen LogP contribution in [0.15, 0.2) is 0 Å². The maximum absolute atomic E-state index is 10.6. The second kappa shape index (κ2) is 11.0. The molecule has 0 unspecified atom stereocenters. The lowest BCUT2D eigenvalue weighted by Gasteiger charge is -2.48. The molecule has 10 N–H and O–H groups in total. The minimum absolute atomic E-state index is 0.747. The predicted octanol–water partition coefficient (Wildman–Crippen LogP) is -6.55. The third-order valence-corrected chi connectivity index (χ3v) is 6.06. The highest BCUT2D eigenvalue weighted by molar-refractivity contribution is 4.96. The fourth-order valence-corrected chi connectivity index (χ4v) is 3.97. The lowest BCUT2D eigenvalue weighted by atomic mass is 9.96. The van der Waals surface area contributed by atoms with Gasteiger partial charge in [-0.15, -0.1) is 0 Å². The van der Waals surface area contributed by atoms with E-state index in [1.54, 1.807) is 0 Å². The number of aliphatic hydroxyl groups excluding tert-OH is 10. The van der Waals surface area contributed by atoms with Gasteiger partial charge >= 0.3 is 0 Å². The van der Waals surface area contributed by atoms with E-state index in [2.05, 4.69) is 0 Å². The molecule has 3 aliphatic heterocycles. The number of ether oxygens (including phenoxy) is 5. The van der Waals surface area contributed by atoms with Gasteiger partial charge in [-0.25, -0.2) is 0 Å². The molecule has 3 fully saturated rings. The van der Waals surface area contributed by atoms with E-state index < -0.39 is 105 Å². The minimum Gasteiger partial charge on any atom is -0.394 e. The summed E-state index contributed by atoms with van der Waals surface area (Å²) in [4.78, 5) is 0. The van der Waals surface area contributed by atoms with Gasteiger partial charge in [-0.2, -0.15) is 0 Å². The van der Waals surface area contributed by atoms with Gasteiger partial charge in [0.25, 0.3) is 0 Å². The van der Waals surface area contributed by atoms with Crippen molar-refractivity contribution in [2.75, 3.05) is 13.2 Å². The van der Waals surface area contributed by atoms with E-state index in [-0.39, 0.29) is 0 Å². The average molecular weight is 488 g/mol. The Bertz CT molecular complexity index is 624. The molecule has 0 amide bonds. The topological polar surface area (TPSA) is 248 Å². The summed E-state index contributed by atoms with van der Waals surface area (Å²) in [7, 11) is 0. The van der Waals surface area contributed by atoms with Crippen LogP contribution in [-0.4, -0.2) is 156 Å². The van der Waals surface area contributed by atoms with Crippen LogP contribution in [0.2, 0.25) is 0 Å². The maximum Gasteiger partial charge on any atom is 0.187 e. The quantitative estimate of drug-likeness (QED) is 0.167. The molecule has 0 radical (unpaired) electrons. The summed E-state index contributed by atoms with van der Waals surface area (Å²) in [5.41, 5.74) is 0. The number of hydrogen-bond acceptors (Lipinski definition) is 15. The van der Waals surface area contributed by atoms with Crippen molar-refractivity contribution >= 4 is 0 Å². The zero-order valence-corrected chi connectivity index (χ0v) is 17.6. The van der Waals surface area contributed by atoms with Gasteiger partial charge < -0.3 is 74.7 Å². The molecule has 3 saturated heterocycles. The van der Waals surface area contributed by atoms with Crippen LogP contribution in [0, 0.1) is 0 Å². The molecule has 3 heterocycles. The smallest absolute Gasteiger partial charge is 0.187 e. The summed E-state index contributed by atoms with van der Waals surface area (Å²) in [5, 5.41) is 100.0. The van der Waals surface area contributed by atoms with Gasteiger partial charge in [0, 0.05) is 0 Å². The zero-order valence-electron chi connectivity index (χ0n) is 17.6. The Morgan fingerprint density at radius 2 is 1.03 bits per heavy atom. The molecule has 0 spiro atoms. The van der Waals surface area contributed by atoms with E-state index in [0.717, 1.165) is 0 Å². The Hall–Kier alpha value is -0.600. The molecule has 3 aliphatic rings. The van der Waals surface area contributed by atoms with E-state index in [4.69, 9.17) is 23.7 Å². The second-order valence-corrected chi connectivity index (χ2v) is 8.32. The van der Waals surface area contributed by atoms with E-state index in [1.807, 2.05) is 0 Å². The summed E-state index contributed by atoms with van der Waals surface area (Å²) >= 11 is 0. The molecular weight excluding hydrogens is 456 g/mol. The van der Waals surface area contributed by atoms with Crippen molar-refractivity contribution in [2.45, 2.75) is 99.0 Å². The van der Waals surface area contributed by atoms with Crippen LogP contribution in [0.4, 0.5) is 0 Å². The highest BCUT2D eigenvalue weighted by Gasteiger charge is 2.53. The average Bonchev–Trinajstić information content (AvgIpc) is 2.79.